The molecule has 0 bridgehead atoms. The molecule has 0 aliphatic heterocycles. The van der Waals surface area contributed by atoms with E-state index in [1.807, 2.05) is 17.4 Å². The molecule has 2 nitrogen and oxygen atoms in total. The Kier molecular flexibility index (Phi) is 7.39. The van der Waals surface area contributed by atoms with Gasteiger partial charge in [-0.2, -0.15) is 0 Å². The van der Waals surface area contributed by atoms with Crippen LogP contribution < -0.4 is 4.90 Å². The maximum Gasteiger partial charge on any atom is 0.143 e. The summed E-state index contributed by atoms with van der Waals surface area (Å²) in [5.41, 5.74) is 12.0. The van der Waals surface area contributed by atoms with Gasteiger partial charge in [0.1, 0.15) is 11.2 Å². The van der Waals surface area contributed by atoms with Crippen molar-refractivity contribution in [3.05, 3.63) is 200 Å². The van der Waals surface area contributed by atoms with Gasteiger partial charge in [0, 0.05) is 47.9 Å². The summed E-state index contributed by atoms with van der Waals surface area (Å²) < 4.78 is 9.22. The van der Waals surface area contributed by atoms with Crippen molar-refractivity contribution >= 4 is 81.3 Å². The van der Waals surface area contributed by atoms with E-state index in [0.717, 1.165) is 61.3 Å². The Morgan fingerprint density at radius 2 is 1.07 bits per heavy atom. The lowest BCUT2D eigenvalue weighted by atomic mass is 9.92. The first-order chi connectivity index (χ1) is 27.3. The highest BCUT2D eigenvalue weighted by atomic mass is 32.1. The summed E-state index contributed by atoms with van der Waals surface area (Å²) >= 11 is 1.85. The van der Waals surface area contributed by atoms with Crippen LogP contribution in [0.3, 0.4) is 0 Å². The first kappa shape index (κ1) is 31.6. The Labute approximate surface area is 322 Å². The van der Waals surface area contributed by atoms with Gasteiger partial charge in [0.2, 0.25) is 0 Å². The molecule has 0 saturated carbocycles. The Morgan fingerprint density at radius 1 is 0.382 bits per heavy atom. The third-order valence-electron chi connectivity index (χ3n) is 10.9. The molecule has 11 rings (SSSR count). The Balaban J connectivity index is 1.15. The number of rotatable bonds is 6. The summed E-state index contributed by atoms with van der Waals surface area (Å²) in [6, 6.07) is 72.2. The average molecular weight is 720 g/mol. The molecule has 0 radical (unpaired) electrons. The summed E-state index contributed by atoms with van der Waals surface area (Å²) in [6.45, 7) is 0. The van der Waals surface area contributed by atoms with Crippen LogP contribution in [0.25, 0.3) is 86.3 Å². The van der Waals surface area contributed by atoms with E-state index in [1.165, 1.54) is 42.1 Å². The number of nitrogens with zero attached hydrogens (tertiary/aromatic N) is 1. The largest absolute Gasteiger partial charge is 0.455 e. The number of hydrogen-bond donors (Lipinski definition) is 0. The fourth-order valence-corrected chi connectivity index (χ4v) is 9.39. The second-order valence-electron chi connectivity index (χ2n) is 14.1. The highest BCUT2D eigenvalue weighted by molar-refractivity contribution is 7.26. The number of furan rings is 1. The van der Waals surface area contributed by atoms with Crippen LogP contribution in [0.1, 0.15) is 0 Å². The maximum atomic E-state index is 6.66. The molecule has 0 spiro atoms. The van der Waals surface area contributed by atoms with Gasteiger partial charge in [-0.1, -0.05) is 146 Å². The van der Waals surface area contributed by atoms with Gasteiger partial charge in [0.15, 0.2) is 0 Å². The molecule has 11 aromatic rings. The fraction of sp³-hybridized carbons (Fsp3) is 0. The topological polar surface area (TPSA) is 16.4 Å². The maximum absolute atomic E-state index is 6.66. The predicted octanol–water partition coefficient (Wildman–Crippen LogP) is 15.6. The van der Waals surface area contributed by atoms with E-state index in [0.29, 0.717) is 0 Å². The zero-order chi connectivity index (χ0) is 36.3. The zero-order valence-electron chi connectivity index (χ0n) is 29.8. The van der Waals surface area contributed by atoms with Crippen molar-refractivity contribution in [1.82, 2.24) is 0 Å². The number of fused-ring (bicyclic) bond motifs is 7. The van der Waals surface area contributed by atoms with Gasteiger partial charge in [-0.25, -0.2) is 0 Å². The molecule has 2 heterocycles. The van der Waals surface area contributed by atoms with Crippen LogP contribution in [0, 0.1) is 0 Å². The van der Waals surface area contributed by atoms with Crippen LogP contribution in [-0.4, -0.2) is 0 Å². The molecule has 258 valence electrons. The normalized spacial score (nSPS) is 11.6. The van der Waals surface area contributed by atoms with E-state index in [4.69, 9.17) is 4.42 Å². The quantitative estimate of drug-likeness (QED) is 0.170. The van der Waals surface area contributed by atoms with Crippen molar-refractivity contribution in [2.75, 3.05) is 4.90 Å². The Morgan fingerprint density at radius 3 is 1.96 bits per heavy atom. The molecule has 9 aromatic carbocycles. The molecule has 3 heteroatoms. The second-order valence-corrected chi connectivity index (χ2v) is 15.2. The number of thiophene rings is 1. The lowest BCUT2D eigenvalue weighted by Crippen LogP contribution is -2.10. The van der Waals surface area contributed by atoms with Gasteiger partial charge in [0.25, 0.3) is 0 Å². The molecular weight excluding hydrogens is 687 g/mol. The van der Waals surface area contributed by atoms with Gasteiger partial charge in [-0.3, -0.25) is 0 Å². The minimum Gasteiger partial charge on any atom is -0.455 e. The van der Waals surface area contributed by atoms with Gasteiger partial charge in [-0.15, -0.1) is 11.3 Å². The molecule has 0 amide bonds. The van der Waals surface area contributed by atoms with Crippen molar-refractivity contribution < 1.29 is 4.42 Å². The number of para-hydroxylation sites is 2. The molecule has 0 atom stereocenters. The van der Waals surface area contributed by atoms with E-state index < -0.39 is 0 Å². The van der Waals surface area contributed by atoms with Gasteiger partial charge < -0.3 is 9.32 Å². The summed E-state index contributed by atoms with van der Waals surface area (Å²) in [4.78, 5) is 2.43. The minimum absolute atomic E-state index is 0.895. The molecule has 0 unspecified atom stereocenters. The highest BCUT2D eigenvalue weighted by Crippen LogP contribution is 2.48. The molecule has 0 aliphatic rings. The van der Waals surface area contributed by atoms with Crippen LogP contribution in [0.5, 0.6) is 0 Å². The van der Waals surface area contributed by atoms with Crippen molar-refractivity contribution in [2.45, 2.75) is 0 Å². The number of anilines is 3. The zero-order valence-corrected chi connectivity index (χ0v) is 30.6. The summed E-state index contributed by atoms with van der Waals surface area (Å²) in [5.74, 6) is 0. The van der Waals surface area contributed by atoms with Crippen molar-refractivity contribution in [3.8, 4) is 33.4 Å². The third kappa shape index (κ3) is 5.32. The van der Waals surface area contributed by atoms with Crippen molar-refractivity contribution in [3.63, 3.8) is 0 Å². The van der Waals surface area contributed by atoms with E-state index >= 15 is 0 Å². The monoisotopic (exact) mass is 719 g/mol. The van der Waals surface area contributed by atoms with E-state index in [-0.39, 0.29) is 0 Å². The van der Waals surface area contributed by atoms with Crippen LogP contribution in [0.2, 0.25) is 0 Å². The first-order valence-corrected chi connectivity index (χ1v) is 19.5. The Bertz CT molecular complexity index is 3210. The molecular formula is C52H33NOS. The van der Waals surface area contributed by atoms with E-state index in [1.54, 1.807) is 0 Å². The number of hydrogen-bond acceptors (Lipinski definition) is 3. The highest BCUT2D eigenvalue weighted by Gasteiger charge is 2.22. The number of benzene rings is 9. The van der Waals surface area contributed by atoms with Crippen LogP contribution in [0.15, 0.2) is 205 Å². The molecule has 0 fully saturated rings. The molecule has 0 N–H and O–H groups in total. The fourth-order valence-electron chi connectivity index (χ4n) is 8.26. The van der Waals surface area contributed by atoms with Gasteiger partial charge in [0.05, 0.1) is 5.69 Å². The average Bonchev–Trinajstić information content (AvgIpc) is 3.83. The van der Waals surface area contributed by atoms with E-state index in [9.17, 15) is 0 Å². The van der Waals surface area contributed by atoms with E-state index in [2.05, 4.69) is 199 Å². The molecule has 2 aromatic heterocycles. The van der Waals surface area contributed by atoms with Crippen LogP contribution >= 0.6 is 11.3 Å². The van der Waals surface area contributed by atoms with Crippen LogP contribution in [-0.2, 0) is 0 Å². The molecule has 0 saturated heterocycles. The van der Waals surface area contributed by atoms with Gasteiger partial charge >= 0.3 is 0 Å². The lowest BCUT2D eigenvalue weighted by molar-refractivity contribution is 0.670. The Hall–Kier alpha value is -6.94. The second kappa shape index (κ2) is 12.9. The first-order valence-electron chi connectivity index (χ1n) is 18.7. The van der Waals surface area contributed by atoms with Crippen molar-refractivity contribution in [2.24, 2.45) is 0 Å². The lowest BCUT2D eigenvalue weighted by Gasteiger charge is -2.28. The third-order valence-corrected chi connectivity index (χ3v) is 12.0. The van der Waals surface area contributed by atoms with Crippen LogP contribution in [0.4, 0.5) is 17.1 Å². The predicted molar refractivity (Wildman–Crippen MR) is 235 cm³/mol. The standard InChI is InChI=1S/C52H33NOS/c1-2-13-36(14-3-1)41-31-30-40(33-46(41)44-19-10-18-43-42-16-6-8-21-48(42)54-52(43)44)53(47-20-11-23-50-51(47)45-17-7-9-22-49(45)55-50)39-28-26-35(27-29-39)38-25-24-34-12-4-5-15-37(34)32-38/h1-33H. The summed E-state index contributed by atoms with van der Waals surface area (Å²) in [5, 5.41) is 7.26. The van der Waals surface area contributed by atoms with Gasteiger partial charge in [-0.05, 0) is 93.2 Å². The smallest absolute Gasteiger partial charge is 0.143 e. The summed E-state index contributed by atoms with van der Waals surface area (Å²) in [7, 11) is 0. The molecule has 0 aliphatic carbocycles. The minimum atomic E-state index is 0.895. The summed E-state index contributed by atoms with van der Waals surface area (Å²) in [6.07, 6.45) is 0. The SMILES string of the molecule is c1ccc(-c2ccc(N(c3ccc(-c4ccc5ccccc5c4)cc3)c3cccc4sc5ccccc5c34)cc2-c2cccc3c2oc2ccccc23)cc1. The molecule has 55 heavy (non-hydrogen) atoms. The van der Waals surface area contributed by atoms with Crippen molar-refractivity contribution in [1.29, 1.82) is 0 Å².